The van der Waals surface area contributed by atoms with Crippen LogP contribution in [0, 0.1) is 11.8 Å². The number of aromatic amines is 3. The maximum absolute atomic E-state index is 13.9. The highest BCUT2D eigenvalue weighted by atomic mass is 32.1. The molecule has 6 heterocycles. The van der Waals surface area contributed by atoms with Crippen LogP contribution in [0.2, 0.25) is 0 Å². The summed E-state index contributed by atoms with van der Waals surface area (Å²) in [5.41, 5.74) is 6.55. The lowest BCUT2D eigenvalue weighted by molar-refractivity contribution is -0.134. The summed E-state index contributed by atoms with van der Waals surface area (Å²) < 4.78 is 0. The van der Waals surface area contributed by atoms with Gasteiger partial charge in [0.2, 0.25) is 17.8 Å². The van der Waals surface area contributed by atoms with Crippen molar-refractivity contribution in [1.82, 2.24) is 44.7 Å². The van der Waals surface area contributed by atoms with Crippen molar-refractivity contribution in [2.45, 2.75) is 90.4 Å². The highest BCUT2D eigenvalue weighted by molar-refractivity contribution is 7.13. The molecular formula is C44H51N11O2S. The molecule has 4 aromatic heterocycles. The number of hydrogen-bond donors (Lipinski definition) is 5. The van der Waals surface area contributed by atoms with E-state index in [0.717, 1.165) is 95.3 Å². The molecule has 58 heavy (non-hydrogen) atoms. The molecule has 0 saturated carbocycles. The van der Waals surface area contributed by atoms with Crippen molar-refractivity contribution in [3.8, 4) is 11.3 Å². The van der Waals surface area contributed by atoms with Gasteiger partial charge in [-0.2, -0.15) is 0 Å². The first kappa shape index (κ1) is 37.8. The quantitative estimate of drug-likeness (QED) is 0.0827. The lowest BCUT2D eigenvalue weighted by Crippen LogP contribution is -2.45. The van der Waals surface area contributed by atoms with E-state index >= 15 is 0 Å². The van der Waals surface area contributed by atoms with Crippen LogP contribution in [0.15, 0.2) is 66.6 Å². The summed E-state index contributed by atoms with van der Waals surface area (Å²) >= 11 is 1.51. The molecule has 4 atom stereocenters. The molecule has 1 aliphatic carbocycles. The van der Waals surface area contributed by atoms with E-state index in [2.05, 4.69) is 106 Å². The van der Waals surface area contributed by atoms with Crippen LogP contribution in [0.25, 0.3) is 33.7 Å². The van der Waals surface area contributed by atoms with Gasteiger partial charge in [0.05, 0.1) is 29.7 Å². The minimum absolute atomic E-state index is 0.0639. The Morgan fingerprint density at radius 1 is 0.793 bits per heavy atom. The Morgan fingerprint density at radius 3 is 2.16 bits per heavy atom. The third-order valence-corrected chi connectivity index (χ3v) is 12.7. The predicted molar refractivity (Wildman–Crippen MR) is 229 cm³/mol. The van der Waals surface area contributed by atoms with Crippen LogP contribution >= 0.6 is 11.3 Å². The van der Waals surface area contributed by atoms with Gasteiger partial charge in [-0.15, -0.1) is 11.3 Å². The fourth-order valence-electron chi connectivity index (χ4n) is 8.84. The van der Waals surface area contributed by atoms with Crippen molar-refractivity contribution >= 4 is 56.7 Å². The highest BCUT2D eigenvalue weighted by Crippen LogP contribution is 2.37. The van der Waals surface area contributed by atoms with Gasteiger partial charge in [-0.1, -0.05) is 52.0 Å². The number of anilines is 2. The Hall–Kier alpha value is -5.76. The number of aryl methyl sites for hydroxylation is 1. The third-order valence-electron chi connectivity index (χ3n) is 12.0. The van der Waals surface area contributed by atoms with Gasteiger partial charge >= 0.3 is 0 Å². The summed E-state index contributed by atoms with van der Waals surface area (Å²) in [5, 5.41) is 11.7. The van der Waals surface area contributed by atoms with Crippen LogP contribution in [-0.4, -0.2) is 81.7 Å². The molecule has 2 saturated heterocycles. The molecule has 14 heteroatoms. The number of H-pyrrole nitrogens is 3. The van der Waals surface area contributed by atoms with Crippen LogP contribution in [0.3, 0.4) is 0 Å². The maximum atomic E-state index is 13.9. The van der Waals surface area contributed by atoms with E-state index in [1.165, 1.54) is 22.5 Å². The Kier molecular flexibility index (Phi) is 10.3. The molecule has 2 amide bonds. The molecule has 6 aromatic rings. The van der Waals surface area contributed by atoms with Gasteiger partial charge in [0, 0.05) is 48.3 Å². The standard InChI is InChI=1S/C44H51N11O2S/c1-25(2)37(52-43-45-15-16-46-43)41(56)54-18-5-7-35(54)39-48-24-34(51-39)31-12-11-27-21-28(9-10-29(27)22-31)30-13-14-32-33(23-30)50-40(49-32)36-8-6-19-55(36)42(57)38(26(3)4)53-44-47-17-20-58-44/h9-12,15-17,20-26,35-38H,5-8,13-14,18-19H2,1-4H3,(H,47,53)(H,48,51)(H,49,50)(H2,45,46,52)/t35-,36-,37-,38-/m0/s1. The normalized spacial score (nSPS) is 19.2. The van der Waals surface area contributed by atoms with E-state index in [1.54, 1.807) is 18.6 Å². The molecule has 5 N–H and O–H groups in total. The fourth-order valence-corrected chi connectivity index (χ4v) is 9.40. The number of aromatic nitrogens is 7. The number of amides is 2. The molecule has 0 unspecified atom stereocenters. The van der Waals surface area contributed by atoms with Gasteiger partial charge in [-0.05, 0) is 90.5 Å². The molecule has 3 aliphatic rings. The summed E-state index contributed by atoms with van der Waals surface area (Å²) in [7, 11) is 0. The molecule has 13 nitrogen and oxygen atoms in total. The number of carbonyl (C=O) groups excluding carboxylic acids is 2. The number of fused-ring (bicyclic) bond motifs is 2. The number of rotatable bonds is 12. The largest absolute Gasteiger partial charge is 0.350 e. The first-order valence-electron chi connectivity index (χ1n) is 20.6. The summed E-state index contributed by atoms with van der Waals surface area (Å²) in [6.07, 6.45) is 14.7. The van der Waals surface area contributed by atoms with E-state index in [9.17, 15) is 9.59 Å². The molecule has 2 fully saturated rings. The Bertz CT molecular complexity index is 2430. The van der Waals surface area contributed by atoms with E-state index in [4.69, 9.17) is 9.97 Å². The molecular weight excluding hydrogens is 747 g/mol. The zero-order chi connectivity index (χ0) is 39.9. The second kappa shape index (κ2) is 15.9. The van der Waals surface area contributed by atoms with Gasteiger partial charge in [-0.3, -0.25) is 9.59 Å². The van der Waals surface area contributed by atoms with Crippen molar-refractivity contribution in [1.29, 1.82) is 0 Å². The van der Waals surface area contributed by atoms with E-state index in [-0.39, 0.29) is 41.8 Å². The van der Waals surface area contributed by atoms with Gasteiger partial charge in [0.15, 0.2) is 5.13 Å². The summed E-state index contributed by atoms with van der Waals surface area (Å²) in [4.78, 5) is 60.6. The second-order valence-electron chi connectivity index (χ2n) is 16.5. The van der Waals surface area contributed by atoms with Crippen LogP contribution in [0.4, 0.5) is 11.1 Å². The van der Waals surface area contributed by atoms with E-state index in [1.807, 2.05) is 21.4 Å². The lowest BCUT2D eigenvalue weighted by atomic mass is 9.92. The predicted octanol–water partition coefficient (Wildman–Crippen LogP) is 8.22. The molecule has 0 spiro atoms. The topological polar surface area (TPSA) is 164 Å². The number of nitrogens with one attached hydrogen (secondary N) is 5. The fraction of sp³-hybridized carbons (Fsp3) is 0.409. The third kappa shape index (κ3) is 7.41. The van der Waals surface area contributed by atoms with Gasteiger partial charge in [0.25, 0.3) is 0 Å². The number of benzene rings is 2. The summed E-state index contributed by atoms with van der Waals surface area (Å²) in [5.74, 6) is 2.67. The number of thiazole rings is 1. The molecule has 2 aromatic carbocycles. The zero-order valence-electron chi connectivity index (χ0n) is 33.5. The van der Waals surface area contributed by atoms with Crippen LogP contribution < -0.4 is 10.6 Å². The number of likely N-dealkylation sites (tertiary alicyclic amines) is 2. The van der Waals surface area contributed by atoms with Gasteiger partial charge < -0.3 is 35.4 Å². The molecule has 0 radical (unpaired) electrons. The molecule has 0 bridgehead atoms. The van der Waals surface area contributed by atoms with Crippen molar-refractivity contribution < 1.29 is 9.59 Å². The average molecular weight is 798 g/mol. The lowest BCUT2D eigenvalue weighted by Gasteiger charge is -2.30. The Balaban J connectivity index is 0.893. The minimum Gasteiger partial charge on any atom is -0.350 e. The monoisotopic (exact) mass is 797 g/mol. The Morgan fingerprint density at radius 2 is 1.48 bits per heavy atom. The SMILES string of the molecule is CC(C)[C@H](Nc1ncc[nH]1)C(=O)N1CCC[C@H]1c1ncc(-c2ccc3cc(C4=Cc5nc([C@@H]6CCCN6C(=O)[C@@H](Nc6nccs6)C(C)C)[nH]c5CC4)ccc3c2)[nH]1. The number of allylic oxidation sites excluding steroid dienone is 1. The number of hydrogen-bond acceptors (Lipinski definition) is 9. The minimum atomic E-state index is -0.393. The number of imidazole rings is 3. The van der Waals surface area contributed by atoms with E-state index < -0.39 is 6.04 Å². The van der Waals surface area contributed by atoms with Crippen LogP contribution in [-0.2, 0) is 16.0 Å². The summed E-state index contributed by atoms with van der Waals surface area (Å²) in [6.45, 7) is 9.69. The molecule has 300 valence electrons. The van der Waals surface area contributed by atoms with Crippen molar-refractivity contribution in [2.24, 2.45) is 11.8 Å². The smallest absolute Gasteiger partial charge is 0.246 e. The second-order valence-corrected chi connectivity index (χ2v) is 17.4. The van der Waals surface area contributed by atoms with Crippen molar-refractivity contribution in [3.63, 3.8) is 0 Å². The van der Waals surface area contributed by atoms with Crippen molar-refractivity contribution in [3.05, 3.63) is 95.2 Å². The molecule has 2 aliphatic heterocycles. The number of nitrogens with zero attached hydrogens (tertiary/aromatic N) is 6. The van der Waals surface area contributed by atoms with Crippen LogP contribution in [0.1, 0.15) is 100 Å². The maximum Gasteiger partial charge on any atom is 0.246 e. The van der Waals surface area contributed by atoms with Crippen LogP contribution in [0.5, 0.6) is 0 Å². The first-order valence-corrected chi connectivity index (χ1v) is 21.5. The van der Waals surface area contributed by atoms with Gasteiger partial charge in [-0.25, -0.2) is 19.9 Å². The Labute approximate surface area is 342 Å². The zero-order valence-corrected chi connectivity index (χ0v) is 34.3. The number of carbonyl (C=O) groups is 2. The average Bonchev–Trinajstić information content (AvgIpc) is 4.08. The summed E-state index contributed by atoms with van der Waals surface area (Å²) in [6, 6.07) is 12.3. The first-order chi connectivity index (χ1) is 28.2. The van der Waals surface area contributed by atoms with Gasteiger partial charge in [0.1, 0.15) is 23.7 Å². The van der Waals surface area contributed by atoms with E-state index in [0.29, 0.717) is 12.5 Å². The van der Waals surface area contributed by atoms with Crippen molar-refractivity contribution in [2.75, 3.05) is 23.7 Å². The highest BCUT2D eigenvalue weighted by Gasteiger charge is 2.39. The molecule has 9 rings (SSSR count).